The monoisotopic (exact) mass is 252 g/mol. The molecular formula is C16H32N2. The first-order chi connectivity index (χ1) is 8.69. The molecule has 0 aromatic carbocycles. The fourth-order valence-corrected chi connectivity index (χ4v) is 3.75. The number of nitrogens with zero attached hydrogens (tertiary/aromatic N) is 1. The van der Waals surface area contributed by atoms with Crippen molar-refractivity contribution in [2.75, 3.05) is 13.1 Å². The van der Waals surface area contributed by atoms with Crippen LogP contribution in [0.1, 0.15) is 72.1 Å². The molecule has 1 heterocycles. The molecule has 2 rings (SSSR count). The minimum absolute atomic E-state index is 0.390. The number of nitrogens with one attached hydrogen (secondary N) is 1. The molecule has 2 nitrogen and oxygen atoms in total. The van der Waals surface area contributed by atoms with Crippen molar-refractivity contribution in [1.82, 2.24) is 10.2 Å². The van der Waals surface area contributed by atoms with Gasteiger partial charge in [0.15, 0.2) is 0 Å². The number of hydrogen-bond acceptors (Lipinski definition) is 2. The van der Waals surface area contributed by atoms with E-state index < -0.39 is 0 Å². The van der Waals surface area contributed by atoms with Crippen LogP contribution in [0.15, 0.2) is 0 Å². The van der Waals surface area contributed by atoms with Crippen molar-refractivity contribution >= 4 is 0 Å². The number of hydrogen-bond donors (Lipinski definition) is 1. The first-order valence-corrected chi connectivity index (χ1v) is 8.19. The van der Waals surface area contributed by atoms with Crippen molar-refractivity contribution in [3.63, 3.8) is 0 Å². The standard InChI is InChI=1S/C16H32N2/c1-4-14-12-18(16(3,5-2)13-17-14)15-10-8-6-7-9-11-15/h14-15,17H,4-13H2,1-3H3. The fraction of sp³-hybridized carbons (Fsp3) is 1.00. The van der Waals surface area contributed by atoms with E-state index in [-0.39, 0.29) is 0 Å². The Kier molecular flexibility index (Phi) is 5.08. The zero-order chi connectivity index (χ0) is 13.0. The van der Waals surface area contributed by atoms with Crippen molar-refractivity contribution in [2.24, 2.45) is 0 Å². The van der Waals surface area contributed by atoms with Gasteiger partial charge in [-0.2, -0.15) is 0 Å². The molecule has 2 aliphatic rings. The maximum atomic E-state index is 3.75. The molecule has 2 heteroatoms. The van der Waals surface area contributed by atoms with Gasteiger partial charge in [-0.15, -0.1) is 0 Å². The van der Waals surface area contributed by atoms with Crippen LogP contribution < -0.4 is 5.32 Å². The number of piperazine rings is 1. The summed E-state index contributed by atoms with van der Waals surface area (Å²) >= 11 is 0. The Morgan fingerprint density at radius 3 is 2.33 bits per heavy atom. The highest BCUT2D eigenvalue weighted by atomic mass is 15.3. The van der Waals surface area contributed by atoms with Gasteiger partial charge in [0.2, 0.25) is 0 Å². The SMILES string of the molecule is CCC1CN(C2CCCCCC2)C(C)(CC)CN1. The van der Waals surface area contributed by atoms with Crippen LogP contribution >= 0.6 is 0 Å². The molecule has 0 amide bonds. The summed E-state index contributed by atoms with van der Waals surface area (Å²) in [4.78, 5) is 2.88. The first-order valence-electron chi connectivity index (χ1n) is 8.19. The molecule has 0 aromatic heterocycles. The van der Waals surface area contributed by atoms with Crippen LogP contribution in [0.2, 0.25) is 0 Å². The van der Waals surface area contributed by atoms with Crippen LogP contribution in [-0.2, 0) is 0 Å². The third kappa shape index (κ3) is 3.08. The average Bonchev–Trinajstić information content (AvgIpc) is 2.68. The Balaban J connectivity index is 2.08. The fourth-order valence-electron chi connectivity index (χ4n) is 3.75. The molecule has 18 heavy (non-hydrogen) atoms. The summed E-state index contributed by atoms with van der Waals surface area (Å²) in [6.45, 7) is 9.59. The molecule has 0 spiro atoms. The van der Waals surface area contributed by atoms with Crippen LogP contribution in [0.4, 0.5) is 0 Å². The van der Waals surface area contributed by atoms with Gasteiger partial charge in [0.1, 0.15) is 0 Å². The third-order valence-corrected chi connectivity index (χ3v) is 5.40. The second-order valence-electron chi connectivity index (χ2n) is 6.63. The van der Waals surface area contributed by atoms with E-state index in [1.165, 1.54) is 64.5 Å². The second-order valence-corrected chi connectivity index (χ2v) is 6.63. The summed E-state index contributed by atoms with van der Waals surface area (Å²) in [5.41, 5.74) is 0.390. The Labute approximate surface area is 114 Å². The molecule has 2 fully saturated rings. The quantitative estimate of drug-likeness (QED) is 0.773. The third-order valence-electron chi connectivity index (χ3n) is 5.40. The van der Waals surface area contributed by atoms with Gasteiger partial charge in [0, 0.05) is 30.7 Å². The lowest BCUT2D eigenvalue weighted by Gasteiger charge is -2.51. The zero-order valence-electron chi connectivity index (χ0n) is 12.7. The van der Waals surface area contributed by atoms with Gasteiger partial charge in [-0.25, -0.2) is 0 Å². The van der Waals surface area contributed by atoms with Crippen molar-refractivity contribution in [2.45, 2.75) is 89.8 Å². The Morgan fingerprint density at radius 1 is 1.11 bits per heavy atom. The summed E-state index contributed by atoms with van der Waals surface area (Å²) in [6.07, 6.45) is 11.2. The highest BCUT2D eigenvalue weighted by Gasteiger charge is 2.39. The summed E-state index contributed by atoms with van der Waals surface area (Å²) in [5, 5.41) is 3.75. The van der Waals surface area contributed by atoms with Gasteiger partial charge in [0.25, 0.3) is 0 Å². The number of rotatable bonds is 3. The van der Waals surface area contributed by atoms with E-state index in [1.54, 1.807) is 0 Å². The lowest BCUT2D eigenvalue weighted by atomic mass is 9.88. The van der Waals surface area contributed by atoms with Crippen LogP contribution in [-0.4, -0.2) is 35.6 Å². The summed E-state index contributed by atoms with van der Waals surface area (Å²) in [6, 6.07) is 1.57. The van der Waals surface area contributed by atoms with Crippen LogP contribution in [0, 0.1) is 0 Å². The lowest BCUT2D eigenvalue weighted by molar-refractivity contribution is 0.00403. The molecule has 1 N–H and O–H groups in total. The predicted molar refractivity (Wildman–Crippen MR) is 79.0 cm³/mol. The highest BCUT2D eigenvalue weighted by Crippen LogP contribution is 2.31. The van der Waals surface area contributed by atoms with Gasteiger partial charge in [-0.1, -0.05) is 39.5 Å². The molecule has 1 aliphatic heterocycles. The van der Waals surface area contributed by atoms with Gasteiger partial charge in [-0.05, 0) is 32.6 Å². The molecule has 1 saturated carbocycles. The van der Waals surface area contributed by atoms with Crippen molar-refractivity contribution in [3.05, 3.63) is 0 Å². The molecule has 2 unspecified atom stereocenters. The van der Waals surface area contributed by atoms with Gasteiger partial charge < -0.3 is 5.32 Å². The maximum Gasteiger partial charge on any atom is 0.0306 e. The van der Waals surface area contributed by atoms with E-state index in [0.717, 1.165) is 6.04 Å². The molecular weight excluding hydrogens is 220 g/mol. The molecule has 0 bridgehead atoms. The Morgan fingerprint density at radius 2 is 1.78 bits per heavy atom. The van der Waals surface area contributed by atoms with Crippen LogP contribution in [0.3, 0.4) is 0 Å². The molecule has 0 aromatic rings. The van der Waals surface area contributed by atoms with Crippen LogP contribution in [0.25, 0.3) is 0 Å². The molecule has 1 aliphatic carbocycles. The topological polar surface area (TPSA) is 15.3 Å². The summed E-state index contributed by atoms with van der Waals surface area (Å²) in [7, 11) is 0. The van der Waals surface area contributed by atoms with Gasteiger partial charge >= 0.3 is 0 Å². The largest absolute Gasteiger partial charge is 0.311 e. The summed E-state index contributed by atoms with van der Waals surface area (Å²) in [5.74, 6) is 0. The van der Waals surface area contributed by atoms with E-state index in [4.69, 9.17) is 0 Å². The van der Waals surface area contributed by atoms with E-state index in [1.807, 2.05) is 0 Å². The Bertz CT molecular complexity index is 245. The highest BCUT2D eigenvalue weighted by molar-refractivity contribution is 4.98. The van der Waals surface area contributed by atoms with E-state index >= 15 is 0 Å². The van der Waals surface area contributed by atoms with Crippen molar-refractivity contribution < 1.29 is 0 Å². The van der Waals surface area contributed by atoms with Crippen molar-refractivity contribution in [1.29, 1.82) is 0 Å². The normalized spacial score (nSPS) is 36.5. The minimum atomic E-state index is 0.390. The Hall–Kier alpha value is -0.0800. The minimum Gasteiger partial charge on any atom is -0.311 e. The second kappa shape index (κ2) is 6.38. The van der Waals surface area contributed by atoms with E-state index in [0.29, 0.717) is 11.6 Å². The predicted octanol–water partition coefficient (Wildman–Crippen LogP) is 3.56. The lowest BCUT2D eigenvalue weighted by Crippen LogP contribution is -2.65. The van der Waals surface area contributed by atoms with Crippen LogP contribution in [0.5, 0.6) is 0 Å². The van der Waals surface area contributed by atoms with E-state index in [2.05, 4.69) is 31.0 Å². The first kappa shape index (κ1) is 14.3. The molecule has 2 atom stereocenters. The zero-order valence-corrected chi connectivity index (χ0v) is 12.7. The molecule has 1 saturated heterocycles. The molecule has 0 radical (unpaired) electrons. The van der Waals surface area contributed by atoms with E-state index in [9.17, 15) is 0 Å². The summed E-state index contributed by atoms with van der Waals surface area (Å²) < 4.78 is 0. The maximum absolute atomic E-state index is 3.75. The van der Waals surface area contributed by atoms with Gasteiger partial charge in [-0.3, -0.25) is 4.90 Å². The smallest absolute Gasteiger partial charge is 0.0306 e. The molecule has 106 valence electrons. The van der Waals surface area contributed by atoms with Crippen molar-refractivity contribution in [3.8, 4) is 0 Å². The average molecular weight is 252 g/mol. The van der Waals surface area contributed by atoms with Gasteiger partial charge in [0.05, 0.1) is 0 Å².